The quantitative estimate of drug-likeness (QED) is 0.315. The van der Waals surface area contributed by atoms with Crippen molar-refractivity contribution in [3.8, 4) is 0 Å². The molecule has 0 bridgehead atoms. The molecule has 1 N–H and O–H groups in total. The number of rotatable bonds is 8. The number of allylic oxidation sites excluding steroid dienone is 1. The summed E-state index contributed by atoms with van der Waals surface area (Å²) in [5.41, 5.74) is 0.211. The van der Waals surface area contributed by atoms with Crippen molar-refractivity contribution in [3.05, 3.63) is 65.4 Å². The van der Waals surface area contributed by atoms with Gasteiger partial charge in [-0.25, -0.2) is 4.39 Å². The maximum absolute atomic E-state index is 14.1. The Labute approximate surface area is 213 Å². The molecule has 1 aromatic heterocycles. The zero-order chi connectivity index (χ0) is 26.0. The van der Waals surface area contributed by atoms with Gasteiger partial charge in [-0.2, -0.15) is 5.10 Å². The molecule has 1 saturated carbocycles. The van der Waals surface area contributed by atoms with Crippen LogP contribution in [-0.2, 0) is 29.2 Å². The van der Waals surface area contributed by atoms with Crippen LogP contribution < -0.4 is 5.32 Å². The Morgan fingerprint density at radius 2 is 1.94 bits per heavy atom. The van der Waals surface area contributed by atoms with Gasteiger partial charge in [0.15, 0.2) is 0 Å². The molecular weight excluding hydrogens is 459 g/mol. The Bertz CT molecular complexity index is 1030. The van der Waals surface area contributed by atoms with Gasteiger partial charge in [-0.05, 0) is 45.4 Å². The number of aldehydes is 1. The first-order chi connectivity index (χ1) is 17.4. The van der Waals surface area contributed by atoms with Gasteiger partial charge in [0, 0.05) is 18.2 Å². The number of nitrogens with zero attached hydrogens (tertiary/aromatic N) is 3. The molecule has 0 radical (unpaired) electrons. The fourth-order valence-corrected chi connectivity index (χ4v) is 4.61. The van der Waals surface area contributed by atoms with Crippen LogP contribution in [0.1, 0.15) is 80.5 Å². The smallest absolute Gasteiger partial charge is 0.273 e. The summed E-state index contributed by atoms with van der Waals surface area (Å²) in [6, 6.07) is 8.72. The molecule has 0 saturated heterocycles. The molecule has 4 rings (SSSR count). The van der Waals surface area contributed by atoms with Gasteiger partial charge >= 0.3 is 0 Å². The van der Waals surface area contributed by atoms with E-state index in [4.69, 9.17) is 4.74 Å². The molecule has 0 spiro atoms. The number of amides is 1. The minimum Gasteiger partial charge on any atom is -0.495 e. The summed E-state index contributed by atoms with van der Waals surface area (Å²) in [6.45, 7) is 4.10. The van der Waals surface area contributed by atoms with Crippen LogP contribution in [0.15, 0.2) is 42.7 Å². The summed E-state index contributed by atoms with van der Waals surface area (Å²) in [6.07, 6.45) is 13.6. The second kappa shape index (κ2) is 13.3. The molecule has 7 nitrogen and oxygen atoms in total. The van der Waals surface area contributed by atoms with E-state index in [1.54, 1.807) is 37.5 Å². The second-order valence-electron chi connectivity index (χ2n) is 9.70. The summed E-state index contributed by atoms with van der Waals surface area (Å²) in [4.78, 5) is 26.2. The van der Waals surface area contributed by atoms with E-state index in [1.165, 1.54) is 54.2 Å². The van der Waals surface area contributed by atoms with E-state index in [2.05, 4.69) is 17.5 Å². The number of benzene rings is 1. The molecule has 1 aliphatic carbocycles. The number of carbonyl (C=O) groups is 2. The zero-order valence-electron chi connectivity index (χ0n) is 21.7. The van der Waals surface area contributed by atoms with Crippen LogP contribution in [0, 0.1) is 5.82 Å². The highest BCUT2D eigenvalue weighted by Crippen LogP contribution is 2.28. The minimum absolute atomic E-state index is 0.0109. The summed E-state index contributed by atoms with van der Waals surface area (Å²) in [7, 11) is 2.08. The molecule has 1 atom stereocenters. The highest BCUT2D eigenvalue weighted by atomic mass is 19.1. The number of carbonyl (C=O) groups excluding carboxylic acids is 2. The van der Waals surface area contributed by atoms with Gasteiger partial charge in [0.2, 0.25) is 0 Å². The number of aromatic nitrogens is 2. The zero-order valence-corrected chi connectivity index (χ0v) is 21.7. The van der Waals surface area contributed by atoms with E-state index in [0.29, 0.717) is 17.0 Å². The van der Waals surface area contributed by atoms with Gasteiger partial charge in [0.05, 0.1) is 12.8 Å². The van der Waals surface area contributed by atoms with E-state index >= 15 is 0 Å². The molecule has 196 valence electrons. The van der Waals surface area contributed by atoms with Crippen molar-refractivity contribution in [1.82, 2.24) is 20.0 Å². The molecule has 8 heteroatoms. The monoisotopic (exact) mass is 498 g/mol. The van der Waals surface area contributed by atoms with Crippen molar-refractivity contribution in [1.29, 1.82) is 0 Å². The van der Waals surface area contributed by atoms with Gasteiger partial charge in [-0.1, -0.05) is 56.9 Å². The Balaban J connectivity index is 0.000000338. The predicted molar refractivity (Wildman–Crippen MR) is 138 cm³/mol. The molecule has 1 aliphatic heterocycles. The highest BCUT2D eigenvalue weighted by molar-refractivity contribution is 5.96. The van der Waals surface area contributed by atoms with E-state index in [9.17, 15) is 14.0 Å². The number of hydrogen-bond acceptors (Lipinski definition) is 5. The predicted octanol–water partition coefficient (Wildman–Crippen LogP) is 5.00. The molecule has 1 fully saturated rings. The number of fused-ring (bicyclic) bond motifs is 1. The lowest BCUT2D eigenvalue weighted by Gasteiger charge is -2.40. The maximum Gasteiger partial charge on any atom is 0.273 e. The summed E-state index contributed by atoms with van der Waals surface area (Å²) < 4.78 is 21.0. The average Bonchev–Trinajstić information content (AvgIpc) is 3.10. The topological polar surface area (TPSA) is 76.5 Å². The largest absolute Gasteiger partial charge is 0.495 e. The van der Waals surface area contributed by atoms with Crippen molar-refractivity contribution in [2.75, 3.05) is 7.05 Å². The van der Waals surface area contributed by atoms with Crippen molar-refractivity contribution in [3.63, 3.8) is 0 Å². The standard InChI is InChI=1S/C20H22FN3O3.C8H17N/c1-3-4-9-27-12-16-10-18-19(26)23(11-15-7-5-6-8-17(15)21)20(2,14-25)13-24(18)22-16;1-9-8-6-4-2-3-5-7-8/h4-10,14H,3,11-13H2,1-2H3;8-9H,2-7H2,1H3/b9-4-;. The van der Waals surface area contributed by atoms with Crippen LogP contribution in [0.25, 0.3) is 0 Å². The Kier molecular flexibility index (Phi) is 10.2. The maximum atomic E-state index is 14.1. The van der Waals surface area contributed by atoms with Crippen LogP contribution in [0.2, 0.25) is 0 Å². The summed E-state index contributed by atoms with van der Waals surface area (Å²) in [5, 5.41) is 7.72. The van der Waals surface area contributed by atoms with Crippen molar-refractivity contribution >= 4 is 12.2 Å². The first kappa shape index (κ1) is 27.6. The third kappa shape index (κ3) is 7.03. The number of ether oxygens (including phenoxy) is 1. The van der Waals surface area contributed by atoms with E-state index < -0.39 is 11.4 Å². The van der Waals surface area contributed by atoms with E-state index in [1.807, 2.05) is 13.0 Å². The summed E-state index contributed by atoms with van der Waals surface area (Å²) >= 11 is 0. The van der Waals surface area contributed by atoms with E-state index in [-0.39, 0.29) is 25.6 Å². The lowest BCUT2D eigenvalue weighted by molar-refractivity contribution is -0.118. The van der Waals surface area contributed by atoms with Crippen LogP contribution in [0.4, 0.5) is 4.39 Å². The van der Waals surface area contributed by atoms with Crippen LogP contribution >= 0.6 is 0 Å². The van der Waals surface area contributed by atoms with Crippen molar-refractivity contribution in [2.45, 2.75) is 90.1 Å². The molecule has 36 heavy (non-hydrogen) atoms. The third-order valence-electron chi connectivity index (χ3n) is 6.84. The number of halogens is 1. The Morgan fingerprint density at radius 3 is 2.58 bits per heavy atom. The third-order valence-corrected chi connectivity index (χ3v) is 6.84. The normalized spacial score (nSPS) is 20.4. The van der Waals surface area contributed by atoms with Crippen LogP contribution in [0.3, 0.4) is 0 Å². The van der Waals surface area contributed by atoms with Gasteiger partial charge in [0.25, 0.3) is 5.91 Å². The van der Waals surface area contributed by atoms with Gasteiger partial charge in [-0.3, -0.25) is 9.48 Å². The fourth-order valence-electron chi connectivity index (χ4n) is 4.61. The number of nitrogens with one attached hydrogen (secondary N) is 1. The first-order valence-corrected chi connectivity index (χ1v) is 12.9. The minimum atomic E-state index is -1.11. The first-order valence-electron chi connectivity index (χ1n) is 12.9. The number of hydrogen-bond donors (Lipinski definition) is 1. The summed E-state index contributed by atoms with van der Waals surface area (Å²) in [5.74, 6) is -0.767. The molecule has 2 aromatic rings. The molecule has 2 heterocycles. The highest BCUT2D eigenvalue weighted by Gasteiger charge is 2.43. The van der Waals surface area contributed by atoms with Crippen LogP contribution in [-0.4, -0.2) is 45.5 Å². The fraction of sp³-hybridized carbons (Fsp3) is 0.536. The molecule has 1 amide bonds. The molecule has 2 aliphatic rings. The average molecular weight is 499 g/mol. The van der Waals surface area contributed by atoms with Crippen molar-refractivity contribution in [2.24, 2.45) is 0 Å². The molecule has 1 aromatic carbocycles. The van der Waals surface area contributed by atoms with Gasteiger partial charge in [0.1, 0.15) is 35.6 Å². The second-order valence-corrected chi connectivity index (χ2v) is 9.70. The van der Waals surface area contributed by atoms with Crippen molar-refractivity contribution < 1.29 is 18.7 Å². The van der Waals surface area contributed by atoms with Crippen LogP contribution in [0.5, 0.6) is 0 Å². The Morgan fingerprint density at radius 1 is 1.22 bits per heavy atom. The lowest BCUT2D eigenvalue weighted by Crippen LogP contribution is -2.57. The SMILES string of the molecule is CC/C=C\OCc1cc2n(n1)CC(C)(C=O)N(Cc1ccccc1F)C2=O.CNC1CCCCCC1. The molecular formula is C28H39FN4O3. The lowest BCUT2D eigenvalue weighted by atomic mass is 9.97. The Hall–Kier alpha value is -3.00. The van der Waals surface area contributed by atoms with E-state index in [0.717, 1.165) is 18.7 Å². The van der Waals surface area contributed by atoms with Gasteiger partial charge < -0.3 is 19.7 Å². The molecule has 1 unspecified atom stereocenters. The van der Waals surface area contributed by atoms with Gasteiger partial charge in [-0.15, -0.1) is 0 Å².